The molecule has 5 nitrogen and oxygen atoms in total. The third kappa shape index (κ3) is 3.98. The highest BCUT2D eigenvalue weighted by Crippen LogP contribution is 2.34. The summed E-state index contributed by atoms with van der Waals surface area (Å²) in [5.74, 6) is -2.26. The molecule has 0 aromatic heterocycles. The number of aliphatic carboxylic acids is 2. The van der Waals surface area contributed by atoms with Gasteiger partial charge >= 0.3 is 11.9 Å². The Morgan fingerprint density at radius 2 is 1.93 bits per heavy atom. The number of carboxylic acid groups (broad SMARTS) is 2. The van der Waals surface area contributed by atoms with Gasteiger partial charge in [-0.25, -0.2) is 0 Å². The summed E-state index contributed by atoms with van der Waals surface area (Å²) in [6.07, 6.45) is 0.623. The van der Waals surface area contributed by atoms with Crippen LogP contribution in [-0.2, 0) is 9.59 Å². The molecule has 0 aliphatic heterocycles. The summed E-state index contributed by atoms with van der Waals surface area (Å²) in [5, 5.41) is 26.2. The summed E-state index contributed by atoms with van der Waals surface area (Å²) in [6.45, 7) is 1.80. The Morgan fingerprint density at radius 3 is 2.27 bits per heavy atom. The lowest BCUT2D eigenvalue weighted by Gasteiger charge is -2.26. The number of nitrogens with zero attached hydrogens (tertiary/aromatic N) is 1. The SMILES string of the molecule is CCCC(CCC#N)(CC(=O)O)C(=O)O. The Labute approximate surface area is 88.3 Å². The van der Waals surface area contributed by atoms with Crippen LogP contribution in [0.5, 0.6) is 0 Å². The van der Waals surface area contributed by atoms with Crippen LogP contribution in [0.2, 0.25) is 0 Å². The second kappa shape index (κ2) is 6.02. The molecular weight excluding hydrogens is 198 g/mol. The molecule has 1 unspecified atom stereocenters. The minimum atomic E-state index is -1.28. The van der Waals surface area contributed by atoms with Crippen molar-refractivity contribution in [1.82, 2.24) is 0 Å². The van der Waals surface area contributed by atoms with Crippen LogP contribution in [-0.4, -0.2) is 22.2 Å². The lowest BCUT2D eigenvalue weighted by Crippen LogP contribution is -2.33. The Morgan fingerprint density at radius 1 is 1.33 bits per heavy atom. The van der Waals surface area contributed by atoms with Gasteiger partial charge in [0.1, 0.15) is 0 Å². The van der Waals surface area contributed by atoms with Crippen LogP contribution in [0.25, 0.3) is 0 Å². The third-order valence-corrected chi connectivity index (χ3v) is 2.39. The summed E-state index contributed by atoms with van der Waals surface area (Å²) in [6, 6.07) is 1.85. The molecule has 0 aromatic carbocycles. The van der Waals surface area contributed by atoms with E-state index in [1.807, 2.05) is 6.07 Å². The highest BCUT2D eigenvalue weighted by molar-refractivity contribution is 5.81. The molecule has 0 heterocycles. The monoisotopic (exact) mass is 213 g/mol. The highest BCUT2D eigenvalue weighted by Gasteiger charge is 2.39. The lowest BCUT2D eigenvalue weighted by molar-refractivity contribution is -0.156. The van der Waals surface area contributed by atoms with Crippen molar-refractivity contribution in [2.45, 2.75) is 39.0 Å². The fourth-order valence-corrected chi connectivity index (χ4v) is 1.65. The summed E-state index contributed by atoms with van der Waals surface area (Å²) >= 11 is 0. The minimum Gasteiger partial charge on any atom is -0.481 e. The number of nitriles is 1. The van der Waals surface area contributed by atoms with Crippen molar-refractivity contribution < 1.29 is 19.8 Å². The fraction of sp³-hybridized carbons (Fsp3) is 0.700. The van der Waals surface area contributed by atoms with Gasteiger partial charge in [-0.1, -0.05) is 13.3 Å². The largest absolute Gasteiger partial charge is 0.481 e. The average molecular weight is 213 g/mol. The molecule has 0 amide bonds. The molecule has 15 heavy (non-hydrogen) atoms. The molecule has 5 heteroatoms. The Kier molecular flexibility index (Phi) is 5.39. The zero-order valence-corrected chi connectivity index (χ0v) is 8.69. The second-order valence-electron chi connectivity index (χ2n) is 3.56. The fourth-order valence-electron chi connectivity index (χ4n) is 1.65. The normalized spacial score (nSPS) is 13.9. The third-order valence-electron chi connectivity index (χ3n) is 2.39. The zero-order chi connectivity index (χ0) is 11.9. The van der Waals surface area contributed by atoms with Crippen molar-refractivity contribution >= 4 is 11.9 Å². The standard InChI is InChI=1S/C10H15NO4/c1-2-4-10(9(14)15,5-3-6-11)7-8(12)13/h2-5,7H2,1H3,(H,12,13)(H,14,15). The Hall–Kier alpha value is -1.57. The molecule has 0 aliphatic rings. The first-order valence-corrected chi connectivity index (χ1v) is 4.80. The first kappa shape index (κ1) is 13.4. The van der Waals surface area contributed by atoms with E-state index in [0.717, 1.165) is 0 Å². The van der Waals surface area contributed by atoms with E-state index in [4.69, 9.17) is 15.5 Å². The van der Waals surface area contributed by atoms with Gasteiger partial charge in [-0.15, -0.1) is 0 Å². The van der Waals surface area contributed by atoms with Crippen LogP contribution in [0, 0.1) is 16.7 Å². The van der Waals surface area contributed by atoms with Crippen LogP contribution < -0.4 is 0 Å². The molecule has 1 atom stereocenters. The maximum absolute atomic E-state index is 11.1. The second-order valence-corrected chi connectivity index (χ2v) is 3.56. The van der Waals surface area contributed by atoms with Gasteiger partial charge in [0.2, 0.25) is 0 Å². The van der Waals surface area contributed by atoms with Crippen molar-refractivity contribution in [3.05, 3.63) is 0 Å². The van der Waals surface area contributed by atoms with Crippen LogP contribution in [0.3, 0.4) is 0 Å². The minimum absolute atomic E-state index is 0.0690. The van der Waals surface area contributed by atoms with Crippen molar-refractivity contribution in [3.63, 3.8) is 0 Å². The van der Waals surface area contributed by atoms with Gasteiger partial charge in [-0.3, -0.25) is 9.59 Å². The number of rotatable bonds is 7. The molecular formula is C10H15NO4. The van der Waals surface area contributed by atoms with Crippen molar-refractivity contribution in [1.29, 1.82) is 5.26 Å². The maximum Gasteiger partial charge on any atom is 0.310 e. The molecule has 0 aliphatic carbocycles. The molecule has 0 saturated heterocycles. The molecule has 0 fully saturated rings. The number of hydrogen-bond donors (Lipinski definition) is 2. The van der Waals surface area contributed by atoms with E-state index in [9.17, 15) is 9.59 Å². The number of hydrogen-bond acceptors (Lipinski definition) is 3. The molecule has 0 radical (unpaired) electrons. The predicted molar refractivity (Wildman–Crippen MR) is 52.1 cm³/mol. The summed E-state index contributed by atoms with van der Waals surface area (Å²) < 4.78 is 0. The molecule has 0 spiro atoms. The van der Waals surface area contributed by atoms with Gasteiger partial charge in [0.05, 0.1) is 17.9 Å². The van der Waals surface area contributed by atoms with Crippen molar-refractivity contribution in [2.75, 3.05) is 0 Å². The maximum atomic E-state index is 11.1. The van der Waals surface area contributed by atoms with Crippen LogP contribution in [0.15, 0.2) is 0 Å². The highest BCUT2D eigenvalue weighted by atomic mass is 16.4. The summed E-state index contributed by atoms with van der Waals surface area (Å²) in [4.78, 5) is 21.7. The van der Waals surface area contributed by atoms with Gasteiger partial charge in [0.25, 0.3) is 0 Å². The molecule has 0 saturated carbocycles. The van der Waals surface area contributed by atoms with Crippen LogP contribution in [0.1, 0.15) is 39.0 Å². The zero-order valence-electron chi connectivity index (χ0n) is 8.69. The van der Waals surface area contributed by atoms with Gasteiger partial charge in [0.15, 0.2) is 0 Å². The molecule has 0 aromatic rings. The van der Waals surface area contributed by atoms with Gasteiger partial charge in [0, 0.05) is 6.42 Å². The van der Waals surface area contributed by atoms with Crippen molar-refractivity contribution in [3.8, 4) is 6.07 Å². The smallest absolute Gasteiger partial charge is 0.310 e. The average Bonchev–Trinajstić information content (AvgIpc) is 2.13. The van der Waals surface area contributed by atoms with Gasteiger partial charge in [-0.2, -0.15) is 5.26 Å². The van der Waals surface area contributed by atoms with Crippen LogP contribution >= 0.6 is 0 Å². The van der Waals surface area contributed by atoms with Gasteiger partial charge < -0.3 is 10.2 Å². The van der Waals surface area contributed by atoms with Crippen molar-refractivity contribution in [2.24, 2.45) is 5.41 Å². The van der Waals surface area contributed by atoms with E-state index in [0.29, 0.717) is 6.42 Å². The Bertz CT molecular complexity index is 282. The Balaban J connectivity index is 4.81. The molecule has 0 bridgehead atoms. The lowest BCUT2D eigenvalue weighted by atomic mass is 9.76. The first-order valence-electron chi connectivity index (χ1n) is 4.80. The molecule has 84 valence electrons. The van der Waals surface area contributed by atoms with E-state index in [1.165, 1.54) is 0 Å². The quantitative estimate of drug-likeness (QED) is 0.669. The summed E-state index contributed by atoms with van der Waals surface area (Å²) in [7, 11) is 0. The van der Waals surface area contributed by atoms with E-state index in [1.54, 1.807) is 6.92 Å². The van der Waals surface area contributed by atoms with E-state index >= 15 is 0 Å². The number of carboxylic acids is 2. The predicted octanol–water partition coefficient (Wildman–Crippen LogP) is 1.64. The number of carbonyl (C=O) groups is 2. The van der Waals surface area contributed by atoms with Gasteiger partial charge in [-0.05, 0) is 12.8 Å². The van der Waals surface area contributed by atoms with E-state index < -0.39 is 23.8 Å². The summed E-state index contributed by atoms with van der Waals surface area (Å²) in [5.41, 5.74) is -1.28. The molecule has 0 rings (SSSR count). The van der Waals surface area contributed by atoms with E-state index in [-0.39, 0.29) is 19.3 Å². The van der Waals surface area contributed by atoms with Crippen LogP contribution in [0.4, 0.5) is 0 Å². The molecule has 2 N–H and O–H groups in total. The first-order chi connectivity index (χ1) is 6.98. The van der Waals surface area contributed by atoms with E-state index in [2.05, 4.69) is 0 Å². The topological polar surface area (TPSA) is 98.4 Å².